The van der Waals surface area contributed by atoms with Crippen LogP contribution in [0.4, 0.5) is 4.39 Å². The zero-order valence-corrected chi connectivity index (χ0v) is 11.4. The molecule has 0 aliphatic carbocycles. The molecule has 2 aromatic carbocycles. The maximum atomic E-state index is 13.1. The Balaban J connectivity index is 2.40. The van der Waals surface area contributed by atoms with Crippen LogP contribution in [0.15, 0.2) is 46.2 Å². The fourth-order valence-corrected chi connectivity index (χ4v) is 2.78. The number of halogens is 1. The van der Waals surface area contributed by atoms with Crippen molar-refractivity contribution in [3.8, 4) is 0 Å². The quantitative estimate of drug-likeness (QED) is 0.908. The third-order valence-electron chi connectivity index (χ3n) is 2.72. The highest BCUT2D eigenvalue weighted by Gasteiger charge is 2.13. The minimum atomic E-state index is -1.12. The van der Waals surface area contributed by atoms with Gasteiger partial charge >= 0.3 is 5.97 Å². The molecular weight excluding hydrogens is 263 g/mol. The number of carboxylic acid groups (broad SMARTS) is 1. The van der Waals surface area contributed by atoms with Crippen LogP contribution < -0.4 is 0 Å². The average Bonchev–Trinajstić information content (AvgIpc) is 2.34. The first-order chi connectivity index (χ1) is 8.97. The van der Waals surface area contributed by atoms with Gasteiger partial charge in [-0.2, -0.15) is 0 Å². The van der Waals surface area contributed by atoms with Crippen LogP contribution >= 0.6 is 11.8 Å². The topological polar surface area (TPSA) is 37.3 Å². The first kappa shape index (κ1) is 13.6. The van der Waals surface area contributed by atoms with Crippen molar-refractivity contribution in [1.82, 2.24) is 0 Å². The molecule has 0 spiro atoms. The second-order valence-corrected chi connectivity index (χ2v) is 5.40. The number of benzene rings is 2. The van der Waals surface area contributed by atoms with Crippen molar-refractivity contribution < 1.29 is 14.3 Å². The maximum absolute atomic E-state index is 13.1. The van der Waals surface area contributed by atoms with E-state index < -0.39 is 11.8 Å². The molecule has 0 bridgehead atoms. The lowest BCUT2D eigenvalue weighted by atomic mass is 10.2. The largest absolute Gasteiger partial charge is 0.478 e. The van der Waals surface area contributed by atoms with Crippen LogP contribution in [0.5, 0.6) is 0 Å². The Morgan fingerprint density at radius 1 is 1.11 bits per heavy atom. The highest BCUT2D eigenvalue weighted by Crippen LogP contribution is 2.33. The molecule has 0 saturated carbocycles. The lowest BCUT2D eigenvalue weighted by molar-refractivity contribution is 0.0692. The van der Waals surface area contributed by atoms with Crippen molar-refractivity contribution in [1.29, 1.82) is 0 Å². The lowest BCUT2D eigenvalue weighted by Gasteiger charge is -2.09. The van der Waals surface area contributed by atoms with Crippen molar-refractivity contribution in [2.24, 2.45) is 0 Å². The van der Waals surface area contributed by atoms with E-state index in [1.54, 1.807) is 0 Å². The number of carboxylic acids is 1. The number of hydrogen-bond donors (Lipinski definition) is 1. The van der Waals surface area contributed by atoms with Gasteiger partial charge in [-0.15, -0.1) is 0 Å². The highest BCUT2D eigenvalue weighted by atomic mass is 32.2. The molecule has 0 aliphatic heterocycles. The van der Waals surface area contributed by atoms with Crippen LogP contribution in [-0.4, -0.2) is 11.1 Å². The summed E-state index contributed by atoms with van der Waals surface area (Å²) >= 11 is 1.34. The fraction of sp³-hybridized carbons (Fsp3) is 0.133. The third kappa shape index (κ3) is 3.15. The molecule has 0 heterocycles. The zero-order chi connectivity index (χ0) is 14.0. The van der Waals surface area contributed by atoms with Crippen LogP contribution in [0.25, 0.3) is 0 Å². The van der Waals surface area contributed by atoms with Crippen LogP contribution in [0.2, 0.25) is 0 Å². The number of carbonyl (C=O) groups is 1. The van der Waals surface area contributed by atoms with Gasteiger partial charge in [-0.25, -0.2) is 9.18 Å². The van der Waals surface area contributed by atoms with Gasteiger partial charge in [0.2, 0.25) is 0 Å². The summed E-state index contributed by atoms with van der Waals surface area (Å²) in [5.74, 6) is -1.66. The summed E-state index contributed by atoms with van der Waals surface area (Å²) in [6.45, 7) is 3.97. The molecule has 2 aromatic rings. The second kappa shape index (κ2) is 5.45. The summed E-state index contributed by atoms with van der Waals surface area (Å²) in [6, 6.07) is 9.78. The maximum Gasteiger partial charge on any atom is 0.336 e. The molecule has 0 radical (unpaired) electrons. The van der Waals surface area contributed by atoms with Crippen LogP contribution in [0.1, 0.15) is 21.5 Å². The van der Waals surface area contributed by atoms with Gasteiger partial charge in [0.15, 0.2) is 0 Å². The molecule has 0 amide bonds. The van der Waals surface area contributed by atoms with E-state index in [4.69, 9.17) is 5.11 Å². The summed E-state index contributed by atoms with van der Waals surface area (Å²) in [7, 11) is 0. The summed E-state index contributed by atoms with van der Waals surface area (Å²) < 4.78 is 13.1. The van der Waals surface area contributed by atoms with E-state index in [1.807, 2.05) is 32.0 Å². The monoisotopic (exact) mass is 276 g/mol. The van der Waals surface area contributed by atoms with E-state index in [2.05, 4.69) is 0 Å². The molecular formula is C15H13FO2S. The van der Waals surface area contributed by atoms with Gasteiger partial charge in [0, 0.05) is 9.79 Å². The lowest BCUT2D eigenvalue weighted by Crippen LogP contribution is -1.99. The number of aryl methyl sites for hydroxylation is 2. The van der Waals surface area contributed by atoms with Gasteiger partial charge in [0.05, 0.1) is 5.56 Å². The first-order valence-electron chi connectivity index (χ1n) is 5.75. The Morgan fingerprint density at radius 3 is 2.42 bits per heavy atom. The molecule has 0 fully saturated rings. The number of aromatic carboxylic acids is 1. The van der Waals surface area contributed by atoms with E-state index in [0.29, 0.717) is 4.90 Å². The van der Waals surface area contributed by atoms with Crippen molar-refractivity contribution in [2.75, 3.05) is 0 Å². The average molecular weight is 276 g/mol. The van der Waals surface area contributed by atoms with Gasteiger partial charge < -0.3 is 5.11 Å². The summed E-state index contributed by atoms with van der Waals surface area (Å²) in [6.07, 6.45) is 0. The zero-order valence-electron chi connectivity index (χ0n) is 10.6. The molecule has 4 heteroatoms. The fourth-order valence-electron chi connectivity index (χ4n) is 1.79. The number of rotatable bonds is 3. The summed E-state index contributed by atoms with van der Waals surface area (Å²) in [5, 5.41) is 9.10. The summed E-state index contributed by atoms with van der Waals surface area (Å²) in [4.78, 5) is 12.6. The molecule has 0 aromatic heterocycles. The molecule has 1 N–H and O–H groups in total. The van der Waals surface area contributed by atoms with E-state index in [1.165, 1.54) is 23.9 Å². The van der Waals surface area contributed by atoms with Gasteiger partial charge in [-0.3, -0.25) is 0 Å². The van der Waals surface area contributed by atoms with Crippen LogP contribution in [-0.2, 0) is 0 Å². The molecule has 0 unspecified atom stereocenters. The molecule has 0 aliphatic rings. The molecule has 2 rings (SSSR count). The normalized spacial score (nSPS) is 10.5. The molecule has 2 nitrogen and oxygen atoms in total. The van der Waals surface area contributed by atoms with Gasteiger partial charge in [-0.1, -0.05) is 29.5 Å². The van der Waals surface area contributed by atoms with Gasteiger partial charge in [0.1, 0.15) is 5.82 Å². The standard InChI is InChI=1S/C15H13FO2S/c1-9-3-5-13(10(2)7-9)19-14-6-4-11(16)8-12(14)15(17)18/h3-8H,1-2H3,(H,17,18). The summed E-state index contributed by atoms with van der Waals surface area (Å²) in [5.41, 5.74) is 2.22. The van der Waals surface area contributed by atoms with E-state index in [9.17, 15) is 9.18 Å². The number of hydrogen-bond acceptors (Lipinski definition) is 2. The predicted molar refractivity (Wildman–Crippen MR) is 73.4 cm³/mol. The van der Waals surface area contributed by atoms with E-state index in [-0.39, 0.29) is 5.56 Å². The Hall–Kier alpha value is -1.81. The van der Waals surface area contributed by atoms with Gasteiger partial charge in [0.25, 0.3) is 0 Å². The Bertz CT molecular complexity index is 638. The predicted octanol–water partition coefficient (Wildman–Crippen LogP) is 4.29. The Labute approximate surface area is 115 Å². The van der Waals surface area contributed by atoms with E-state index in [0.717, 1.165) is 22.1 Å². The highest BCUT2D eigenvalue weighted by molar-refractivity contribution is 7.99. The van der Waals surface area contributed by atoms with Crippen LogP contribution in [0, 0.1) is 19.7 Å². The van der Waals surface area contributed by atoms with E-state index >= 15 is 0 Å². The van der Waals surface area contributed by atoms with Crippen molar-refractivity contribution >= 4 is 17.7 Å². The Kier molecular flexibility index (Phi) is 3.90. The SMILES string of the molecule is Cc1ccc(Sc2ccc(F)cc2C(=O)O)c(C)c1. The van der Waals surface area contributed by atoms with Crippen molar-refractivity contribution in [2.45, 2.75) is 23.6 Å². The van der Waals surface area contributed by atoms with Gasteiger partial charge in [-0.05, 0) is 43.7 Å². The van der Waals surface area contributed by atoms with Crippen molar-refractivity contribution in [3.63, 3.8) is 0 Å². The molecule has 0 atom stereocenters. The third-order valence-corrected chi connectivity index (χ3v) is 3.98. The Morgan fingerprint density at radius 2 is 1.79 bits per heavy atom. The first-order valence-corrected chi connectivity index (χ1v) is 6.57. The molecule has 0 saturated heterocycles. The molecule has 98 valence electrons. The second-order valence-electron chi connectivity index (χ2n) is 4.32. The van der Waals surface area contributed by atoms with Crippen molar-refractivity contribution in [3.05, 3.63) is 58.9 Å². The van der Waals surface area contributed by atoms with Crippen LogP contribution in [0.3, 0.4) is 0 Å². The smallest absolute Gasteiger partial charge is 0.336 e. The molecule has 19 heavy (non-hydrogen) atoms. The minimum absolute atomic E-state index is 0.00928. The minimum Gasteiger partial charge on any atom is -0.478 e.